The molecule has 0 unspecified atom stereocenters. The third kappa shape index (κ3) is 3.69. The molecule has 2 heteroatoms. The van der Waals surface area contributed by atoms with Gasteiger partial charge in [-0.1, -0.05) is 75.4 Å². The van der Waals surface area contributed by atoms with Crippen LogP contribution in [-0.2, 0) is 4.79 Å². The first kappa shape index (κ1) is 17.9. The summed E-state index contributed by atoms with van der Waals surface area (Å²) in [6.45, 7) is 6.31. The van der Waals surface area contributed by atoms with E-state index >= 15 is 0 Å². The summed E-state index contributed by atoms with van der Waals surface area (Å²) in [5, 5.41) is 10.9. The third-order valence-corrected chi connectivity index (χ3v) is 5.74. The van der Waals surface area contributed by atoms with Crippen LogP contribution in [0.15, 0.2) is 54.6 Å². The van der Waals surface area contributed by atoms with E-state index in [1.54, 1.807) is 0 Å². The van der Waals surface area contributed by atoms with Gasteiger partial charge in [0.15, 0.2) is 0 Å². The Balaban J connectivity index is 1.82. The maximum absolute atomic E-state index is 12.9. The second-order valence-corrected chi connectivity index (χ2v) is 7.77. The Morgan fingerprint density at radius 1 is 0.920 bits per heavy atom. The van der Waals surface area contributed by atoms with Gasteiger partial charge in [-0.2, -0.15) is 0 Å². The molecular formula is C23H28O2. The Labute approximate surface area is 150 Å². The number of Topliss-reactive ketones (excluding diaryl/α,β-unsaturated/α-hetero) is 1. The Hall–Kier alpha value is -1.93. The van der Waals surface area contributed by atoms with E-state index in [1.807, 2.05) is 42.5 Å². The Bertz CT molecular complexity index is 703. The lowest BCUT2D eigenvalue weighted by atomic mass is 9.67. The van der Waals surface area contributed by atoms with E-state index in [-0.39, 0.29) is 23.5 Å². The predicted octanol–water partition coefficient (Wildman–Crippen LogP) is 5.27. The van der Waals surface area contributed by atoms with Crippen molar-refractivity contribution in [3.63, 3.8) is 0 Å². The minimum absolute atomic E-state index is 0.0828. The van der Waals surface area contributed by atoms with E-state index in [9.17, 15) is 9.90 Å². The molecule has 1 fully saturated rings. The number of benzene rings is 2. The highest BCUT2D eigenvalue weighted by atomic mass is 16.3. The largest absolute Gasteiger partial charge is 0.388 e. The number of aliphatic hydroxyl groups excluding tert-OH is 1. The third-order valence-electron chi connectivity index (χ3n) is 5.74. The van der Waals surface area contributed by atoms with Crippen LogP contribution in [0.1, 0.15) is 45.3 Å². The van der Waals surface area contributed by atoms with Gasteiger partial charge < -0.3 is 5.11 Å². The zero-order valence-electron chi connectivity index (χ0n) is 15.4. The summed E-state index contributed by atoms with van der Waals surface area (Å²) in [5.41, 5.74) is 3.12. The van der Waals surface area contributed by atoms with Gasteiger partial charge in [0.25, 0.3) is 0 Å². The van der Waals surface area contributed by atoms with Gasteiger partial charge in [-0.3, -0.25) is 4.79 Å². The summed E-state index contributed by atoms with van der Waals surface area (Å²) >= 11 is 0. The molecule has 4 atom stereocenters. The van der Waals surface area contributed by atoms with Crippen LogP contribution >= 0.6 is 0 Å². The second kappa shape index (κ2) is 7.53. The summed E-state index contributed by atoms with van der Waals surface area (Å²) in [5.74, 6) is 0.609. The fourth-order valence-corrected chi connectivity index (χ4v) is 4.13. The van der Waals surface area contributed by atoms with Crippen molar-refractivity contribution in [3.05, 3.63) is 60.2 Å². The molecule has 1 N–H and O–H groups in total. The fourth-order valence-electron chi connectivity index (χ4n) is 4.13. The fraction of sp³-hybridized carbons (Fsp3) is 0.435. The van der Waals surface area contributed by atoms with Crippen molar-refractivity contribution in [2.75, 3.05) is 0 Å². The molecule has 2 aromatic rings. The summed E-state index contributed by atoms with van der Waals surface area (Å²) in [4.78, 5) is 12.9. The van der Waals surface area contributed by atoms with Crippen molar-refractivity contribution in [2.45, 2.75) is 39.7 Å². The highest BCUT2D eigenvalue weighted by Crippen LogP contribution is 2.41. The summed E-state index contributed by atoms with van der Waals surface area (Å²) in [6, 6.07) is 18.2. The van der Waals surface area contributed by atoms with Crippen molar-refractivity contribution < 1.29 is 9.90 Å². The zero-order chi connectivity index (χ0) is 18.0. The first-order valence-corrected chi connectivity index (χ1v) is 9.36. The van der Waals surface area contributed by atoms with E-state index in [1.165, 1.54) is 0 Å². The Morgan fingerprint density at radius 2 is 1.52 bits per heavy atom. The summed E-state index contributed by atoms with van der Waals surface area (Å²) < 4.78 is 0. The van der Waals surface area contributed by atoms with Crippen LogP contribution in [0.4, 0.5) is 0 Å². The molecule has 0 saturated heterocycles. The van der Waals surface area contributed by atoms with Gasteiger partial charge >= 0.3 is 0 Å². The average molecular weight is 336 g/mol. The minimum atomic E-state index is -0.714. The minimum Gasteiger partial charge on any atom is -0.388 e. The summed E-state index contributed by atoms with van der Waals surface area (Å²) in [6.07, 6.45) is 1.25. The van der Waals surface area contributed by atoms with Gasteiger partial charge in [0.05, 0.1) is 12.0 Å². The number of hydrogen-bond donors (Lipinski definition) is 1. The van der Waals surface area contributed by atoms with Gasteiger partial charge in [0.2, 0.25) is 0 Å². The zero-order valence-corrected chi connectivity index (χ0v) is 15.4. The molecular weight excluding hydrogens is 308 g/mol. The standard InChI is InChI=1S/C23H28O2/c1-15(2)20-14-9-16(3)21(23(20)25)22(24)19-12-10-18(11-13-19)17-7-5-4-6-8-17/h4-8,10-13,15-16,20-22,24H,9,14H2,1-3H3/t16-,20+,21+,22-/m1/s1. The first-order valence-electron chi connectivity index (χ1n) is 9.36. The van der Waals surface area contributed by atoms with Crippen LogP contribution in [0.25, 0.3) is 11.1 Å². The number of carbonyl (C=O) groups is 1. The van der Waals surface area contributed by atoms with Crippen molar-refractivity contribution >= 4 is 5.78 Å². The number of hydrogen-bond acceptors (Lipinski definition) is 2. The van der Waals surface area contributed by atoms with Crippen LogP contribution < -0.4 is 0 Å². The molecule has 2 nitrogen and oxygen atoms in total. The molecule has 25 heavy (non-hydrogen) atoms. The number of rotatable bonds is 4. The Kier molecular flexibility index (Phi) is 5.39. The van der Waals surface area contributed by atoms with Crippen LogP contribution in [0.3, 0.4) is 0 Å². The SMILES string of the molecule is CC(C)[C@@H]1CC[C@@H](C)[C@@H]([C@H](O)c2ccc(-c3ccccc3)cc2)C1=O. The monoisotopic (exact) mass is 336 g/mol. The molecule has 0 radical (unpaired) electrons. The molecule has 1 saturated carbocycles. The lowest BCUT2D eigenvalue weighted by Crippen LogP contribution is -2.39. The lowest BCUT2D eigenvalue weighted by Gasteiger charge is -2.37. The molecule has 1 aliphatic carbocycles. The van der Waals surface area contributed by atoms with Crippen molar-refractivity contribution in [3.8, 4) is 11.1 Å². The molecule has 0 aromatic heterocycles. The van der Waals surface area contributed by atoms with E-state index in [0.29, 0.717) is 5.92 Å². The average Bonchev–Trinajstić information content (AvgIpc) is 2.62. The molecule has 0 spiro atoms. The predicted molar refractivity (Wildman–Crippen MR) is 102 cm³/mol. The highest BCUT2D eigenvalue weighted by molar-refractivity contribution is 5.85. The molecule has 1 aliphatic rings. The number of ketones is 1. The molecule has 2 aromatic carbocycles. The van der Waals surface area contributed by atoms with Crippen molar-refractivity contribution in [1.29, 1.82) is 0 Å². The normalized spacial score (nSPS) is 25.2. The summed E-state index contributed by atoms with van der Waals surface area (Å²) in [7, 11) is 0. The number of carbonyl (C=O) groups excluding carboxylic acids is 1. The maximum atomic E-state index is 12.9. The quantitative estimate of drug-likeness (QED) is 0.825. The van der Waals surface area contributed by atoms with Crippen LogP contribution in [-0.4, -0.2) is 10.9 Å². The van der Waals surface area contributed by atoms with Crippen molar-refractivity contribution in [1.82, 2.24) is 0 Å². The maximum Gasteiger partial charge on any atom is 0.142 e. The van der Waals surface area contributed by atoms with E-state index < -0.39 is 6.10 Å². The van der Waals surface area contributed by atoms with Gasteiger partial charge in [-0.25, -0.2) is 0 Å². The molecule has 0 bridgehead atoms. The second-order valence-electron chi connectivity index (χ2n) is 7.77. The molecule has 0 heterocycles. The topological polar surface area (TPSA) is 37.3 Å². The highest BCUT2D eigenvalue weighted by Gasteiger charge is 2.41. The van der Waals surface area contributed by atoms with Gasteiger partial charge in [-0.05, 0) is 41.4 Å². The van der Waals surface area contributed by atoms with E-state index in [2.05, 4.69) is 32.9 Å². The van der Waals surface area contributed by atoms with Crippen molar-refractivity contribution in [2.24, 2.45) is 23.7 Å². The molecule has 3 rings (SSSR count). The van der Waals surface area contributed by atoms with Crippen LogP contribution in [0, 0.1) is 23.7 Å². The van der Waals surface area contributed by atoms with Gasteiger partial charge in [-0.15, -0.1) is 0 Å². The van der Waals surface area contributed by atoms with E-state index in [4.69, 9.17) is 0 Å². The molecule has 0 aliphatic heterocycles. The number of aliphatic hydroxyl groups is 1. The first-order chi connectivity index (χ1) is 12.0. The van der Waals surface area contributed by atoms with Gasteiger partial charge in [0, 0.05) is 5.92 Å². The molecule has 0 amide bonds. The lowest BCUT2D eigenvalue weighted by molar-refractivity contribution is -0.138. The smallest absolute Gasteiger partial charge is 0.142 e. The molecule has 132 valence electrons. The van der Waals surface area contributed by atoms with Crippen LogP contribution in [0.2, 0.25) is 0 Å². The van der Waals surface area contributed by atoms with Gasteiger partial charge in [0.1, 0.15) is 5.78 Å². The van der Waals surface area contributed by atoms with E-state index in [0.717, 1.165) is 29.5 Å². The van der Waals surface area contributed by atoms with Crippen LogP contribution in [0.5, 0.6) is 0 Å². The Morgan fingerprint density at radius 3 is 2.12 bits per heavy atom.